The van der Waals surface area contributed by atoms with E-state index >= 15 is 0 Å². The van der Waals surface area contributed by atoms with E-state index in [2.05, 4.69) is 36.6 Å². The third kappa shape index (κ3) is 7.00. The number of alkyl halides is 4. The number of hydrogen-bond donors (Lipinski definition) is 1. The number of rotatable bonds is 3. The minimum atomic E-state index is -4.63. The highest BCUT2D eigenvalue weighted by molar-refractivity contribution is 9.10. The fourth-order valence-electron chi connectivity index (χ4n) is 1.33. The molecule has 2 nitrogen and oxygen atoms in total. The van der Waals surface area contributed by atoms with Gasteiger partial charge < -0.3 is 9.84 Å². The van der Waals surface area contributed by atoms with Gasteiger partial charge in [-0.1, -0.05) is 31.9 Å². The van der Waals surface area contributed by atoms with Gasteiger partial charge in [0.15, 0.2) is 0 Å². The number of benzene rings is 2. The summed E-state index contributed by atoms with van der Waals surface area (Å²) >= 11 is 5.82. The Morgan fingerprint density at radius 3 is 1.79 bits per heavy atom. The van der Waals surface area contributed by atoms with Crippen LogP contribution in [0.15, 0.2) is 45.3 Å². The molecule has 132 valence electrons. The molecule has 0 aliphatic carbocycles. The molecule has 2 aromatic carbocycles. The second kappa shape index (κ2) is 8.61. The molecule has 0 saturated heterocycles. The Kier molecular flexibility index (Phi) is 7.40. The van der Waals surface area contributed by atoms with Crippen molar-refractivity contribution in [3.63, 3.8) is 0 Å². The molecule has 0 aliphatic heterocycles. The first-order chi connectivity index (χ1) is 11.0. The molecular weight excluding hydrogens is 474 g/mol. The van der Waals surface area contributed by atoms with E-state index in [1.807, 2.05) is 0 Å². The zero-order chi connectivity index (χ0) is 18.5. The van der Waals surface area contributed by atoms with Crippen molar-refractivity contribution in [2.45, 2.75) is 12.5 Å². The van der Waals surface area contributed by atoms with Crippen molar-refractivity contribution < 1.29 is 36.2 Å². The third-order valence-corrected chi connectivity index (χ3v) is 3.11. The van der Waals surface area contributed by atoms with Crippen molar-refractivity contribution in [1.82, 2.24) is 0 Å². The number of hydrogen-bond acceptors (Lipinski definition) is 2. The highest BCUT2D eigenvalue weighted by Gasteiger charge is 2.44. The van der Waals surface area contributed by atoms with Crippen LogP contribution < -0.4 is 4.74 Å². The van der Waals surface area contributed by atoms with Crippen LogP contribution in [0.4, 0.5) is 26.3 Å². The average molecular weight is 482 g/mol. The summed E-state index contributed by atoms with van der Waals surface area (Å²) in [7, 11) is 0. The molecule has 2 aromatic rings. The first kappa shape index (κ1) is 20.6. The summed E-state index contributed by atoms with van der Waals surface area (Å²) in [4.78, 5) is 0. The largest absolute Gasteiger partial charge is 0.508 e. The van der Waals surface area contributed by atoms with E-state index in [0.29, 0.717) is 10.5 Å². The van der Waals surface area contributed by atoms with Crippen LogP contribution in [0.25, 0.3) is 0 Å². The van der Waals surface area contributed by atoms with Crippen molar-refractivity contribution in [1.29, 1.82) is 0 Å². The van der Waals surface area contributed by atoms with Gasteiger partial charge in [0.2, 0.25) is 0 Å². The molecule has 0 unspecified atom stereocenters. The van der Waals surface area contributed by atoms with Crippen LogP contribution in [0.1, 0.15) is 0 Å². The molecule has 0 amide bonds. The molecule has 0 heterocycles. The second-order valence-electron chi connectivity index (χ2n) is 4.20. The average Bonchev–Trinajstić information content (AvgIpc) is 2.35. The van der Waals surface area contributed by atoms with Gasteiger partial charge in [-0.15, -0.1) is 0 Å². The highest BCUT2D eigenvalue weighted by atomic mass is 79.9. The molecule has 2 rings (SSSR count). The molecule has 10 heteroatoms. The number of phenolic OH excluding ortho intramolecular Hbond substituents is 1. The summed E-state index contributed by atoms with van der Waals surface area (Å²) in [5.41, 5.74) is 0. The minimum absolute atomic E-state index is 0.0677. The molecule has 0 bridgehead atoms. The van der Waals surface area contributed by atoms with E-state index in [1.54, 1.807) is 0 Å². The van der Waals surface area contributed by atoms with E-state index in [4.69, 9.17) is 5.11 Å². The van der Waals surface area contributed by atoms with Crippen LogP contribution in [0, 0.1) is 11.6 Å². The Morgan fingerprint density at radius 2 is 1.38 bits per heavy atom. The third-order valence-electron chi connectivity index (χ3n) is 2.19. The molecule has 0 radical (unpaired) electrons. The van der Waals surface area contributed by atoms with Crippen LogP contribution in [0.2, 0.25) is 0 Å². The van der Waals surface area contributed by atoms with Gasteiger partial charge in [0.1, 0.15) is 23.1 Å². The van der Waals surface area contributed by atoms with Gasteiger partial charge in [-0.25, -0.2) is 8.78 Å². The number of aromatic hydroxyl groups is 1. The van der Waals surface area contributed by atoms with Crippen LogP contribution in [-0.2, 0) is 0 Å². The van der Waals surface area contributed by atoms with Crippen molar-refractivity contribution in [3.8, 4) is 11.5 Å². The zero-order valence-electron chi connectivity index (χ0n) is 11.4. The van der Waals surface area contributed by atoms with Gasteiger partial charge in [-0.3, -0.25) is 0 Å². The van der Waals surface area contributed by atoms with Gasteiger partial charge >= 0.3 is 12.5 Å². The SMILES string of the molecule is Fc1cc(Br)cc(OC(F)(F)C(F)F)c1.Oc1cc(F)cc(Br)c1. The Labute approximate surface area is 149 Å². The maximum atomic E-state index is 12.7. The fourth-order valence-corrected chi connectivity index (χ4v) is 2.23. The molecule has 1 N–H and O–H groups in total. The van der Waals surface area contributed by atoms with Gasteiger partial charge in [0.05, 0.1) is 0 Å². The van der Waals surface area contributed by atoms with Crippen LogP contribution >= 0.6 is 31.9 Å². The predicted molar refractivity (Wildman–Crippen MR) is 81.4 cm³/mol. The summed E-state index contributed by atoms with van der Waals surface area (Å²) < 4.78 is 77.4. The fraction of sp³-hybridized carbons (Fsp3) is 0.143. The summed E-state index contributed by atoms with van der Waals surface area (Å²) in [5, 5.41) is 8.72. The summed E-state index contributed by atoms with van der Waals surface area (Å²) in [6, 6.07) is 6.27. The smallest absolute Gasteiger partial charge is 0.461 e. The summed E-state index contributed by atoms with van der Waals surface area (Å²) in [6.45, 7) is 0. The molecule has 0 aliphatic rings. The van der Waals surface area contributed by atoms with E-state index < -0.39 is 29.9 Å². The Morgan fingerprint density at radius 1 is 0.875 bits per heavy atom. The molecule has 24 heavy (non-hydrogen) atoms. The summed E-state index contributed by atoms with van der Waals surface area (Å²) in [5.74, 6) is -2.06. The predicted octanol–water partition coefficient (Wildman–Crippen LogP) is 6.12. The maximum absolute atomic E-state index is 12.7. The molecule has 0 atom stereocenters. The lowest BCUT2D eigenvalue weighted by molar-refractivity contribution is -0.253. The zero-order valence-corrected chi connectivity index (χ0v) is 14.6. The molecule has 0 spiro atoms. The topological polar surface area (TPSA) is 29.5 Å². The number of phenols is 1. The Bertz CT molecular complexity index is 626. The molecule has 0 saturated carbocycles. The second-order valence-corrected chi connectivity index (χ2v) is 6.03. The lowest BCUT2D eigenvalue weighted by atomic mass is 10.3. The first-order valence-corrected chi connectivity index (χ1v) is 7.54. The van der Waals surface area contributed by atoms with E-state index in [-0.39, 0.29) is 10.2 Å². The van der Waals surface area contributed by atoms with Gasteiger partial charge in [-0.2, -0.15) is 17.6 Å². The maximum Gasteiger partial charge on any atom is 0.461 e. The first-order valence-electron chi connectivity index (χ1n) is 5.95. The van der Waals surface area contributed by atoms with Crippen molar-refractivity contribution >= 4 is 31.9 Å². The van der Waals surface area contributed by atoms with Crippen LogP contribution in [-0.4, -0.2) is 17.6 Å². The normalized spacial score (nSPS) is 11.0. The molecule has 0 aromatic heterocycles. The van der Waals surface area contributed by atoms with E-state index in [9.17, 15) is 26.3 Å². The van der Waals surface area contributed by atoms with Gasteiger partial charge in [0.25, 0.3) is 0 Å². The lowest BCUT2D eigenvalue weighted by Crippen LogP contribution is -2.33. The Hall–Kier alpha value is -1.42. The number of ether oxygens (including phenoxy) is 1. The van der Waals surface area contributed by atoms with Crippen molar-refractivity contribution in [2.24, 2.45) is 0 Å². The van der Waals surface area contributed by atoms with E-state index in [0.717, 1.165) is 18.2 Å². The summed E-state index contributed by atoms with van der Waals surface area (Å²) in [6.07, 6.45) is -8.60. The van der Waals surface area contributed by atoms with Crippen molar-refractivity contribution in [3.05, 3.63) is 57.0 Å². The number of halogens is 8. The highest BCUT2D eigenvalue weighted by Crippen LogP contribution is 2.29. The quantitative estimate of drug-likeness (QED) is 0.535. The van der Waals surface area contributed by atoms with E-state index in [1.165, 1.54) is 12.1 Å². The minimum Gasteiger partial charge on any atom is -0.508 e. The molecular formula is C14H8Br2F6O2. The van der Waals surface area contributed by atoms with Crippen LogP contribution in [0.5, 0.6) is 11.5 Å². The van der Waals surface area contributed by atoms with Crippen molar-refractivity contribution in [2.75, 3.05) is 0 Å². The van der Waals surface area contributed by atoms with Gasteiger partial charge in [0, 0.05) is 21.1 Å². The van der Waals surface area contributed by atoms with Gasteiger partial charge in [-0.05, 0) is 24.3 Å². The molecule has 0 fully saturated rings. The Balaban J connectivity index is 0.000000272. The van der Waals surface area contributed by atoms with Crippen LogP contribution in [0.3, 0.4) is 0 Å². The monoisotopic (exact) mass is 480 g/mol. The lowest BCUT2D eigenvalue weighted by Gasteiger charge is -2.16. The standard InChI is InChI=1S/C8H4BrF5O.C6H4BrFO/c9-4-1-5(10)3-6(2-4)15-8(13,14)7(11)12;7-4-1-5(8)3-6(9)2-4/h1-3,7H;1-3,9H.